The van der Waals surface area contributed by atoms with Gasteiger partial charge in [0.2, 0.25) is 0 Å². The molecule has 2 aliphatic heterocycles. The molecule has 1 atom stereocenters. The highest BCUT2D eigenvalue weighted by Gasteiger charge is 2.46. The fourth-order valence-corrected chi connectivity index (χ4v) is 5.32. The number of aliphatic hydroxyl groups excluding tert-OH is 1. The number of morpholine rings is 1. The lowest BCUT2D eigenvalue weighted by atomic mass is 9.94. The predicted octanol–water partition coefficient (Wildman–Crippen LogP) is 4.73. The monoisotopic (exact) mass is 556 g/mol. The molecule has 2 heterocycles. The number of likely N-dealkylation sites (tertiary alicyclic amines) is 1. The molecule has 8 heteroatoms. The lowest BCUT2D eigenvalue weighted by Crippen LogP contribution is -2.42. The normalized spacial score (nSPS) is 19.0. The van der Waals surface area contributed by atoms with Gasteiger partial charge in [0, 0.05) is 31.7 Å². The van der Waals surface area contributed by atoms with Gasteiger partial charge in [0.15, 0.2) is 0 Å². The molecule has 1 amide bonds. The van der Waals surface area contributed by atoms with E-state index in [1.54, 1.807) is 17.0 Å². The van der Waals surface area contributed by atoms with Crippen molar-refractivity contribution >= 4 is 17.4 Å². The van der Waals surface area contributed by atoms with Crippen LogP contribution in [0.4, 0.5) is 0 Å². The molecule has 2 saturated heterocycles. The van der Waals surface area contributed by atoms with E-state index >= 15 is 0 Å². The Kier molecular flexibility index (Phi) is 9.01. The second-order valence-corrected chi connectivity index (χ2v) is 10.2. The first-order chi connectivity index (χ1) is 20.0. The third-order valence-corrected chi connectivity index (χ3v) is 7.51. The van der Waals surface area contributed by atoms with Crippen molar-refractivity contribution in [2.24, 2.45) is 0 Å². The van der Waals surface area contributed by atoms with E-state index in [-0.39, 0.29) is 11.3 Å². The standard InChI is InChI=1S/C33H36N2O6/c1-3-40-27-13-14-28(23(2)21-27)31(36)29-30(35(33(38)32(29)37)16-15-34-17-19-39-20-18-34)25-9-11-26(12-10-25)41-22-24-7-5-4-6-8-24/h4-14,21,30,36H,3,15-20,22H2,1-2H3/b31-29+. The fraction of sp³-hybridized carbons (Fsp3) is 0.333. The second-order valence-electron chi connectivity index (χ2n) is 10.2. The number of ketones is 1. The summed E-state index contributed by atoms with van der Waals surface area (Å²) in [6, 6.07) is 21.9. The lowest BCUT2D eigenvalue weighted by molar-refractivity contribution is -0.140. The molecular weight excluding hydrogens is 520 g/mol. The van der Waals surface area contributed by atoms with Gasteiger partial charge in [-0.1, -0.05) is 42.5 Å². The van der Waals surface area contributed by atoms with Crippen LogP contribution in [0.3, 0.4) is 0 Å². The van der Waals surface area contributed by atoms with Crippen LogP contribution in [0.25, 0.3) is 5.76 Å². The molecule has 0 aliphatic carbocycles. The van der Waals surface area contributed by atoms with Crippen molar-refractivity contribution in [1.29, 1.82) is 0 Å². The van der Waals surface area contributed by atoms with Crippen LogP contribution in [0.2, 0.25) is 0 Å². The number of aryl methyl sites for hydroxylation is 1. The van der Waals surface area contributed by atoms with E-state index in [9.17, 15) is 14.7 Å². The highest BCUT2D eigenvalue weighted by atomic mass is 16.5. The number of nitrogens with zero attached hydrogens (tertiary/aromatic N) is 2. The van der Waals surface area contributed by atoms with E-state index in [1.165, 1.54) is 0 Å². The first-order valence-corrected chi connectivity index (χ1v) is 14.0. The molecular formula is C33H36N2O6. The number of carbonyl (C=O) groups is 2. The highest BCUT2D eigenvalue weighted by molar-refractivity contribution is 6.46. The van der Waals surface area contributed by atoms with Crippen molar-refractivity contribution in [1.82, 2.24) is 9.80 Å². The Hall–Kier alpha value is -4.14. The molecule has 0 radical (unpaired) electrons. The molecule has 41 heavy (non-hydrogen) atoms. The molecule has 5 rings (SSSR count). The molecule has 1 N–H and O–H groups in total. The zero-order valence-corrected chi connectivity index (χ0v) is 23.5. The van der Waals surface area contributed by atoms with E-state index in [0.717, 1.165) is 29.8 Å². The largest absolute Gasteiger partial charge is 0.507 e. The molecule has 2 aliphatic rings. The molecule has 8 nitrogen and oxygen atoms in total. The first-order valence-electron chi connectivity index (χ1n) is 14.0. The topological polar surface area (TPSA) is 88.5 Å². The fourth-order valence-electron chi connectivity index (χ4n) is 5.32. The molecule has 0 aromatic heterocycles. The number of hydrogen-bond acceptors (Lipinski definition) is 7. The van der Waals surface area contributed by atoms with E-state index < -0.39 is 17.7 Å². The quantitative estimate of drug-likeness (QED) is 0.220. The van der Waals surface area contributed by atoms with Gasteiger partial charge in [-0.2, -0.15) is 0 Å². The molecule has 0 bridgehead atoms. The first kappa shape index (κ1) is 28.4. The minimum Gasteiger partial charge on any atom is -0.507 e. The van der Waals surface area contributed by atoms with Crippen molar-refractivity contribution < 1.29 is 28.9 Å². The molecule has 1 unspecified atom stereocenters. The third-order valence-electron chi connectivity index (χ3n) is 7.51. The Balaban J connectivity index is 1.47. The minimum atomic E-state index is -0.731. The van der Waals surface area contributed by atoms with Crippen molar-refractivity contribution in [3.8, 4) is 11.5 Å². The highest BCUT2D eigenvalue weighted by Crippen LogP contribution is 2.40. The van der Waals surface area contributed by atoms with Crippen LogP contribution >= 0.6 is 0 Å². The summed E-state index contributed by atoms with van der Waals surface area (Å²) in [5, 5.41) is 11.5. The van der Waals surface area contributed by atoms with Crippen LogP contribution in [0.1, 0.15) is 35.2 Å². The van der Waals surface area contributed by atoms with Gasteiger partial charge < -0.3 is 24.2 Å². The van der Waals surface area contributed by atoms with E-state index in [4.69, 9.17) is 14.2 Å². The summed E-state index contributed by atoms with van der Waals surface area (Å²) in [6.07, 6.45) is 0. The van der Waals surface area contributed by atoms with Crippen molar-refractivity contribution in [2.75, 3.05) is 46.0 Å². The second kappa shape index (κ2) is 13.0. The average molecular weight is 557 g/mol. The maximum absolute atomic E-state index is 13.5. The van der Waals surface area contributed by atoms with Crippen molar-refractivity contribution in [3.63, 3.8) is 0 Å². The van der Waals surface area contributed by atoms with Crippen LogP contribution in [0.15, 0.2) is 78.4 Å². The Morgan fingerprint density at radius 1 is 0.927 bits per heavy atom. The number of amides is 1. The van der Waals surface area contributed by atoms with E-state index in [1.807, 2.05) is 74.5 Å². The molecule has 2 fully saturated rings. The summed E-state index contributed by atoms with van der Waals surface area (Å²) in [5.41, 5.74) is 3.10. The smallest absolute Gasteiger partial charge is 0.295 e. The molecule has 0 spiro atoms. The van der Waals surface area contributed by atoms with Gasteiger partial charge in [0.25, 0.3) is 11.7 Å². The van der Waals surface area contributed by atoms with Gasteiger partial charge >= 0.3 is 0 Å². The number of ether oxygens (including phenoxy) is 3. The number of rotatable bonds is 10. The summed E-state index contributed by atoms with van der Waals surface area (Å²) < 4.78 is 17.0. The van der Waals surface area contributed by atoms with Crippen molar-refractivity contribution in [3.05, 3.63) is 101 Å². The number of hydrogen-bond donors (Lipinski definition) is 1. The predicted molar refractivity (Wildman–Crippen MR) is 156 cm³/mol. The SMILES string of the molecule is CCOc1ccc(/C(O)=C2\C(=O)C(=O)N(CCN3CCOCC3)C2c2ccc(OCc3ccccc3)cc2)c(C)c1. The van der Waals surface area contributed by atoms with Crippen LogP contribution in [-0.4, -0.2) is 72.6 Å². The van der Waals surface area contributed by atoms with Gasteiger partial charge in [-0.3, -0.25) is 14.5 Å². The summed E-state index contributed by atoms with van der Waals surface area (Å²) >= 11 is 0. The number of Topliss-reactive ketones (excluding diaryl/α,β-unsaturated/α-hetero) is 1. The third kappa shape index (κ3) is 6.45. The van der Waals surface area contributed by atoms with Gasteiger partial charge in [0.05, 0.1) is 31.4 Å². The molecule has 214 valence electrons. The van der Waals surface area contributed by atoms with E-state index in [2.05, 4.69) is 4.90 Å². The maximum Gasteiger partial charge on any atom is 0.295 e. The van der Waals surface area contributed by atoms with Crippen molar-refractivity contribution in [2.45, 2.75) is 26.5 Å². The minimum absolute atomic E-state index is 0.0854. The average Bonchev–Trinajstić information content (AvgIpc) is 3.25. The Bertz CT molecular complexity index is 1400. The maximum atomic E-state index is 13.5. The van der Waals surface area contributed by atoms with Gasteiger partial charge in [-0.05, 0) is 60.9 Å². The number of benzene rings is 3. The zero-order valence-electron chi connectivity index (χ0n) is 23.5. The Morgan fingerprint density at radius 2 is 1.63 bits per heavy atom. The van der Waals surface area contributed by atoms with Gasteiger partial charge in [-0.25, -0.2) is 0 Å². The summed E-state index contributed by atoms with van der Waals surface area (Å²) in [4.78, 5) is 30.7. The van der Waals surface area contributed by atoms with Crippen LogP contribution in [0, 0.1) is 6.92 Å². The summed E-state index contributed by atoms with van der Waals surface area (Å²) in [7, 11) is 0. The van der Waals surface area contributed by atoms with Crippen LogP contribution < -0.4 is 9.47 Å². The Morgan fingerprint density at radius 3 is 2.32 bits per heavy atom. The number of carbonyl (C=O) groups excluding carboxylic acids is 2. The van der Waals surface area contributed by atoms with Gasteiger partial charge in [-0.15, -0.1) is 0 Å². The zero-order chi connectivity index (χ0) is 28.8. The molecule has 0 saturated carbocycles. The van der Waals surface area contributed by atoms with Gasteiger partial charge in [0.1, 0.15) is 23.9 Å². The summed E-state index contributed by atoms with van der Waals surface area (Å²) in [6.45, 7) is 8.47. The summed E-state index contributed by atoms with van der Waals surface area (Å²) in [5.74, 6) is -0.141. The van der Waals surface area contributed by atoms with E-state index in [0.29, 0.717) is 56.6 Å². The van der Waals surface area contributed by atoms with Crippen LogP contribution in [-0.2, 0) is 20.9 Å². The molecule has 3 aromatic rings. The van der Waals surface area contributed by atoms with Crippen LogP contribution in [0.5, 0.6) is 11.5 Å². The molecule has 3 aromatic carbocycles. The Labute approximate surface area is 240 Å². The number of aliphatic hydroxyl groups is 1. The lowest BCUT2D eigenvalue weighted by Gasteiger charge is -2.31.